The van der Waals surface area contributed by atoms with Crippen LogP contribution in [0.15, 0.2) is 48.8 Å². The molecule has 0 unspecified atom stereocenters. The number of ether oxygens (including phenoxy) is 2. The zero-order valence-electron chi connectivity index (χ0n) is 14.8. The van der Waals surface area contributed by atoms with E-state index in [9.17, 15) is 9.59 Å². The van der Waals surface area contributed by atoms with E-state index < -0.39 is 12.1 Å². The molecule has 0 fully saturated rings. The molecule has 0 saturated heterocycles. The van der Waals surface area contributed by atoms with E-state index in [-0.39, 0.29) is 18.9 Å². The lowest BCUT2D eigenvalue weighted by molar-refractivity contribution is -0.148. The van der Waals surface area contributed by atoms with Crippen molar-refractivity contribution in [2.75, 3.05) is 25.2 Å². The minimum atomic E-state index is -1.01. The molecule has 0 aliphatic heterocycles. The lowest BCUT2D eigenvalue weighted by Crippen LogP contribution is -2.34. The van der Waals surface area contributed by atoms with Crippen LogP contribution in [0.4, 0.5) is 5.69 Å². The number of aromatic nitrogens is 1. The third-order valence-electron chi connectivity index (χ3n) is 3.84. The van der Waals surface area contributed by atoms with Crippen LogP contribution in [0.3, 0.4) is 0 Å². The molecule has 0 spiro atoms. The molecule has 26 heavy (non-hydrogen) atoms. The zero-order valence-corrected chi connectivity index (χ0v) is 14.8. The highest BCUT2D eigenvalue weighted by Gasteiger charge is 2.17. The number of likely N-dealkylation sites (N-methyl/N-ethyl adjacent to an activating group) is 1. The molecule has 7 heteroatoms. The first kappa shape index (κ1) is 19.4. The molecular formula is C19H22N2O5. The van der Waals surface area contributed by atoms with Crippen LogP contribution >= 0.6 is 0 Å². The Hall–Kier alpha value is -2.93. The number of carbonyl (C=O) groups is 2. The monoisotopic (exact) mass is 358 g/mol. The molecule has 2 rings (SSSR count). The Labute approximate surface area is 152 Å². The molecular weight excluding hydrogens is 336 g/mol. The fourth-order valence-corrected chi connectivity index (χ4v) is 2.45. The van der Waals surface area contributed by atoms with Crippen molar-refractivity contribution in [2.24, 2.45) is 0 Å². The summed E-state index contributed by atoms with van der Waals surface area (Å²) in [5, 5.41) is 9.01. The van der Waals surface area contributed by atoms with Gasteiger partial charge in [-0.05, 0) is 36.8 Å². The van der Waals surface area contributed by atoms with Gasteiger partial charge in [-0.25, -0.2) is 4.79 Å². The molecule has 0 radical (unpaired) electrons. The fraction of sp³-hybridized carbons (Fsp3) is 0.316. The summed E-state index contributed by atoms with van der Waals surface area (Å²) < 4.78 is 10.5. The first-order chi connectivity index (χ1) is 12.5. The van der Waals surface area contributed by atoms with E-state index >= 15 is 0 Å². The molecule has 1 atom stereocenters. The number of nitrogens with zero attached hydrogens (tertiary/aromatic N) is 2. The van der Waals surface area contributed by atoms with Crippen LogP contribution in [0.25, 0.3) is 0 Å². The second-order valence-electron chi connectivity index (χ2n) is 5.55. The first-order valence-corrected chi connectivity index (χ1v) is 8.22. The van der Waals surface area contributed by atoms with Crippen LogP contribution in [0.2, 0.25) is 0 Å². The van der Waals surface area contributed by atoms with E-state index in [1.165, 1.54) is 7.11 Å². The lowest BCUT2D eigenvalue weighted by atomic mass is 10.1. The third kappa shape index (κ3) is 5.29. The van der Waals surface area contributed by atoms with Gasteiger partial charge in [0.25, 0.3) is 5.91 Å². The highest BCUT2D eigenvalue weighted by atomic mass is 16.5. The number of carbonyl (C=O) groups excluding carboxylic acids is 1. The van der Waals surface area contributed by atoms with E-state index in [0.717, 1.165) is 11.3 Å². The van der Waals surface area contributed by atoms with Gasteiger partial charge in [0.15, 0.2) is 12.7 Å². The first-order valence-electron chi connectivity index (χ1n) is 8.22. The Morgan fingerprint density at radius 3 is 2.50 bits per heavy atom. The van der Waals surface area contributed by atoms with Gasteiger partial charge < -0.3 is 19.5 Å². The Morgan fingerprint density at radius 1 is 1.23 bits per heavy atom. The molecule has 0 bridgehead atoms. The topological polar surface area (TPSA) is 89.0 Å². The molecule has 1 heterocycles. The average Bonchev–Trinajstić information content (AvgIpc) is 2.66. The van der Waals surface area contributed by atoms with Crippen molar-refractivity contribution in [1.29, 1.82) is 0 Å². The predicted molar refractivity (Wildman–Crippen MR) is 96.3 cm³/mol. The molecule has 1 N–H and O–H groups in total. The van der Waals surface area contributed by atoms with Crippen molar-refractivity contribution in [2.45, 2.75) is 19.4 Å². The molecule has 0 saturated carbocycles. The third-order valence-corrected chi connectivity index (χ3v) is 3.84. The zero-order chi connectivity index (χ0) is 18.9. The largest absolute Gasteiger partial charge is 0.484 e. The minimum Gasteiger partial charge on any atom is -0.484 e. The summed E-state index contributed by atoms with van der Waals surface area (Å²) in [6, 6.07) is 10.5. The maximum atomic E-state index is 12.4. The van der Waals surface area contributed by atoms with Gasteiger partial charge >= 0.3 is 5.97 Å². The van der Waals surface area contributed by atoms with Crippen molar-refractivity contribution < 1.29 is 24.2 Å². The number of pyridine rings is 1. The second kappa shape index (κ2) is 9.53. The van der Waals surface area contributed by atoms with E-state index in [2.05, 4.69) is 4.98 Å². The van der Waals surface area contributed by atoms with Crippen LogP contribution in [-0.2, 0) is 20.7 Å². The molecule has 1 amide bonds. The molecule has 138 valence electrons. The van der Waals surface area contributed by atoms with Crippen LogP contribution in [0, 0.1) is 0 Å². The number of rotatable bonds is 9. The number of anilines is 1. The van der Waals surface area contributed by atoms with E-state index in [0.29, 0.717) is 12.3 Å². The van der Waals surface area contributed by atoms with Gasteiger partial charge in [0.2, 0.25) is 0 Å². The standard InChI is InChI=1S/C19H22N2O5/c1-3-21(15-5-4-10-20-12-15)18(22)13-26-16-8-6-14(7-9-16)11-17(25-2)19(23)24/h4-10,12,17H,3,11,13H2,1-2H3,(H,23,24)/t17-/m0/s1. The quantitative estimate of drug-likeness (QED) is 0.739. The molecule has 0 aliphatic carbocycles. The normalized spacial score (nSPS) is 11.6. The number of amides is 1. The molecule has 7 nitrogen and oxygen atoms in total. The van der Waals surface area contributed by atoms with Gasteiger partial charge in [-0.1, -0.05) is 12.1 Å². The van der Waals surface area contributed by atoms with E-state index in [1.54, 1.807) is 47.6 Å². The molecule has 1 aromatic heterocycles. The summed E-state index contributed by atoms with van der Waals surface area (Å²) in [5.41, 5.74) is 1.53. The maximum absolute atomic E-state index is 12.4. The number of hydrogen-bond donors (Lipinski definition) is 1. The van der Waals surface area contributed by atoms with Crippen LogP contribution < -0.4 is 9.64 Å². The van der Waals surface area contributed by atoms with Crippen molar-refractivity contribution in [3.8, 4) is 5.75 Å². The van der Waals surface area contributed by atoms with Gasteiger partial charge in [0.05, 0.1) is 11.9 Å². The van der Waals surface area contributed by atoms with Crippen molar-refractivity contribution in [3.63, 3.8) is 0 Å². The van der Waals surface area contributed by atoms with Crippen molar-refractivity contribution in [1.82, 2.24) is 4.98 Å². The number of carboxylic acid groups (broad SMARTS) is 1. The van der Waals surface area contributed by atoms with E-state index in [4.69, 9.17) is 14.6 Å². The predicted octanol–water partition coefficient (Wildman–Crippen LogP) is 2.16. The minimum absolute atomic E-state index is 0.0993. The highest BCUT2D eigenvalue weighted by Crippen LogP contribution is 2.16. The molecule has 2 aromatic rings. The Kier molecular flexibility index (Phi) is 7.11. The number of methoxy groups -OCH3 is 1. The summed E-state index contributed by atoms with van der Waals surface area (Å²) >= 11 is 0. The smallest absolute Gasteiger partial charge is 0.333 e. The van der Waals surface area contributed by atoms with Crippen LogP contribution in [-0.4, -0.2) is 48.3 Å². The summed E-state index contributed by atoms with van der Waals surface area (Å²) in [6.07, 6.45) is 2.65. The summed E-state index contributed by atoms with van der Waals surface area (Å²) in [6.45, 7) is 2.30. The number of carboxylic acids is 1. The number of benzene rings is 1. The summed E-state index contributed by atoms with van der Waals surface area (Å²) in [4.78, 5) is 29.0. The van der Waals surface area contributed by atoms with Gasteiger partial charge in [0.1, 0.15) is 5.75 Å². The maximum Gasteiger partial charge on any atom is 0.333 e. The fourth-order valence-electron chi connectivity index (χ4n) is 2.45. The summed E-state index contributed by atoms with van der Waals surface area (Å²) in [7, 11) is 1.36. The second-order valence-corrected chi connectivity index (χ2v) is 5.55. The highest BCUT2D eigenvalue weighted by molar-refractivity contribution is 5.94. The van der Waals surface area contributed by atoms with Gasteiger partial charge in [-0.3, -0.25) is 9.78 Å². The summed E-state index contributed by atoms with van der Waals surface area (Å²) in [5.74, 6) is -0.642. The number of aliphatic carboxylic acids is 1. The van der Waals surface area contributed by atoms with E-state index in [1.807, 2.05) is 13.0 Å². The Balaban J connectivity index is 1.92. The SMILES string of the molecule is CCN(C(=O)COc1ccc(C[C@H](OC)C(=O)O)cc1)c1cccnc1. The molecule has 1 aromatic carbocycles. The average molecular weight is 358 g/mol. The van der Waals surface area contributed by atoms with Gasteiger partial charge in [-0.2, -0.15) is 0 Å². The van der Waals surface area contributed by atoms with Crippen LogP contribution in [0.1, 0.15) is 12.5 Å². The Bertz CT molecular complexity index is 718. The van der Waals surface area contributed by atoms with Crippen molar-refractivity contribution >= 4 is 17.6 Å². The van der Waals surface area contributed by atoms with Gasteiger partial charge in [0, 0.05) is 26.3 Å². The number of hydrogen-bond acceptors (Lipinski definition) is 5. The lowest BCUT2D eigenvalue weighted by Gasteiger charge is -2.20. The van der Waals surface area contributed by atoms with Crippen molar-refractivity contribution in [3.05, 3.63) is 54.4 Å². The van der Waals surface area contributed by atoms with Crippen LogP contribution in [0.5, 0.6) is 5.75 Å². The van der Waals surface area contributed by atoms with Gasteiger partial charge in [-0.15, -0.1) is 0 Å². The Morgan fingerprint density at radius 2 is 1.96 bits per heavy atom. The molecule has 0 aliphatic rings.